The molecule has 14 heteroatoms. The molecule has 0 aromatic carbocycles. The van der Waals surface area contributed by atoms with E-state index in [1.807, 2.05) is 13.8 Å². The molecule has 5 unspecified atom stereocenters. The van der Waals surface area contributed by atoms with Crippen LogP contribution in [-0.4, -0.2) is 152 Å². The Hall–Kier alpha value is -0.820. The third-order valence-electron chi connectivity index (χ3n) is 15.0. The second kappa shape index (κ2) is 15.8. The molecule has 21 atom stereocenters. The Balaban J connectivity index is 1.05. The molecule has 6 fully saturated rings. The molecule has 2 saturated heterocycles. The van der Waals surface area contributed by atoms with Gasteiger partial charge in [0.1, 0.15) is 36.6 Å². The number of aliphatic hydroxyl groups excluding tert-OH is 8. The lowest BCUT2D eigenvalue weighted by Gasteiger charge is -2.66. The second-order valence-electron chi connectivity index (χ2n) is 18.1. The van der Waals surface area contributed by atoms with Crippen LogP contribution in [0.25, 0.3) is 0 Å². The summed E-state index contributed by atoms with van der Waals surface area (Å²) >= 11 is 0. The van der Waals surface area contributed by atoms with Crippen LogP contribution in [0.3, 0.4) is 0 Å². The van der Waals surface area contributed by atoms with Crippen molar-refractivity contribution >= 4 is 0 Å². The third kappa shape index (κ3) is 7.30. The van der Waals surface area contributed by atoms with Crippen LogP contribution in [0.2, 0.25) is 0 Å². The molecule has 0 bridgehead atoms. The normalized spacial score (nSPS) is 52.6. The predicted octanol–water partition coefficient (Wildman–Crippen LogP) is 0.215. The average Bonchev–Trinajstić information content (AvgIpc) is 3.39. The van der Waals surface area contributed by atoms with Crippen LogP contribution >= 0.6 is 0 Å². The summed E-state index contributed by atoms with van der Waals surface area (Å²) in [6, 6.07) is 0. The summed E-state index contributed by atoms with van der Waals surface area (Å²) in [4.78, 5) is 0. The topological polar surface area (TPSA) is 228 Å². The molecule has 6 aliphatic rings. The lowest BCUT2D eigenvalue weighted by atomic mass is 9.41. The van der Waals surface area contributed by atoms with Gasteiger partial charge in [-0.3, -0.25) is 0 Å². The fourth-order valence-corrected chi connectivity index (χ4v) is 12.1. The zero-order valence-electron chi connectivity index (χ0n) is 31.9. The van der Waals surface area contributed by atoms with Crippen molar-refractivity contribution in [1.82, 2.24) is 0 Å². The number of aliphatic hydroxyl groups is 9. The Morgan fingerprint density at radius 3 is 2.08 bits per heavy atom. The Kier molecular flexibility index (Phi) is 12.5. The first kappa shape index (κ1) is 41.8. The highest BCUT2D eigenvalue weighted by molar-refractivity contribution is 5.21. The molecule has 0 amide bonds. The van der Waals surface area contributed by atoms with Crippen molar-refractivity contribution in [2.24, 2.45) is 46.3 Å². The largest absolute Gasteiger partial charge is 0.393 e. The lowest BCUT2D eigenvalue weighted by Crippen LogP contribution is -2.70. The van der Waals surface area contributed by atoms with Crippen molar-refractivity contribution in [2.45, 2.75) is 158 Å². The van der Waals surface area contributed by atoms with E-state index in [1.54, 1.807) is 0 Å². The Bertz CT molecular complexity index is 1270. The molecule has 306 valence electrons. The van der Waals surface area contributed by atoms with E-state index >= 15 is 0 Å². The van der Waals surface area contributed by atoms with Crippen molar-refractivity contribution in [2.75, 3.05) is 26.9 Å². The van der Waals surface area contributed by atoms with Gasteiger partial charge in [0, 0.05) is 31.3 Å². The van der Waals surface area contributed by atoms with Gasteiger partial charge in [0.2, 0.25) is 0 Å². The minimum Gasteiger partial charge on any atom is -0.393 e. The Labute approximate surface area is 313 Å². The molecular formula is C39H66O14. The first-order valence-electron chi connectivity index (χ1n) is 19.8. The van der Waals surface area contributed by atoms with E-state index in [4.69, 9.17) is 23.7 Å². The fourth-order valence-electron chi connectivity index (χ4n) is 12.1. The smallest absolute Gasteiger partial charge is 0.187 e. The van der Waals surface area contributed by atoms with Crippen LogP contribution in [0.4, 0.5) is 0 Å². The van der Waals surface area contributed by atoms with Crippen molar-refractivity contribution in [3.63, 3.8) is 0 Å². The molecule has 0 radical (unpaired) electrons. The molecule has 2 aliphatic heterocycles. The first-order chi connectivity index (χ1) is 24.9. The fraction of sp³-hybridized carbons (Fsp3) is 0.949. The van der Waals surface area contributed by atoms with Crippen molar-refractivity contribution in [1.29, 1.82) is 0 Å². The first-order valence-corrected chi connectivity index (χ1v) is 19.8. The second-order valence-corrected chi connectivity index (χ2v) is 18.1. The highest BCUT2D eigenvalue weighted by atomic mass is 16.8. The maximum Gasteiger partial charge on any atom is 0.187 e. The molecule has 4 aliphatic carbocycles. The quantitative estimate of drug-likeness (QED) is 0.129. The van der Waals surface area contributed by atoms with Gasteiger partial charge in [-0.05, 0) is 73.5 Å². The van der Waals surface area contributed by atoms with E-state index in [-0.39, 0.29) is 55.3 Å². The van der Waals surface area contributed by atoms with Crippen LogP contribution in [-0.2, 0) is 23.7 Å². The van der Waals surface area contributed by atoms with Gasteiger partial charge in [0.05, 0.1) is 49.8 Å². The predicted molar refractivity (Wildman–Crippen MR) is 189 cm³/mol. The van der Waals surface area contributed by atoms with Crippen LogP contribution < -0.4 is 0 Å². The van der Waals surface area contributed by atoms with Crippen molar-refractivity contribution < 1.29 is 69.6 Å². The number of fused-ring (bicyclic) bond motifs is 5. The van der Waals surface area contributed by atoms with E-state index in [1.165, 1.54) is 7.11 Å². The summed E-state index contributed by atoms with van der Waals surface area (Å²) in [5.74, 6) is -0.926. The third-order valence-corrected chi connectivity index (χ3v) is 15.0. The van der Waals surface area contributed by atoms with Crippen molar-refractivity contribution in [3.8, 4) is 0 Å². The summed E-state index contributed by atoms with van der Waals surface area (Å²) in [6.45, 7) is 12.6. The van der Waals surface area contributed by atoms with Crippen LogP contribution in [0, 0.1) is 46.3 Å². The van der Waals surface area contributed by atoms with Gasteiger partial charge in [-0.1, -0.05) is 39.8 Å². The number of rotatable bonds is 11. The Morgan fingerprint density at radius 2 is 1.42 bits per heavy atom. The van der Waals surface area contributed by atoms with Crippen LogP contribution in [0.1, 0.15) is 79.1 Å². The Morgan fingerprint density at radius 1 is 0.792 bits per heavy atom. The lowest BCUT2D eigenvalue weighted by molar-refractivity contribution is -0.346. The molecule has 0 aromatic heterocycles. The van der Waals surface area contributed by atoms with E-state index in [0.29, 0.717) is 25.7 Å². The summed E-state index contributed by atoms with van der Waals surface area (Å²) < 4.78 is 28.6. The number of hydrogen-bond acceptors (Lipinski definition) is 14. The summed E-state index contributed by atoms with van der Waals surface area (Å²) in [5, 5.41) is 98.5. The number of ether oxygens (including phenoxy) is 5. The molecule has 14 nitrogen and oxygen atoms in total. The highest BCUT2D eigenvalue weighted by Crippen LogP contribution is 2.69. The number of hydrogen-bond donors (Lipinski definition) is 9. The molecule has 0 aromatic rings. The van der Waals surface area contributed by atoms with Crippen LogP contribution in [0.15, 0.2) is 12.2 Å². The van der Waals surface area contributed by atoms with Gasteiger partial charge in [0.25, 0.3) is 0 Å². The van der Waals surface area contributed by atoms with E-state index in [2.05, 4.69) is 20.4 Å². The average molecular weight is 759 g/mol. The standard InChI is InChI=1S/C39H66O14/c1-18(20(3)15-50-35-33(31(47)26(44)16-51-35)53-36-32(49-6)30(46)25(43)17-52-36)7-8-19(2)21-13-23(41)34-37(21,4)12-10-27-38(5)11-9-22(40)29(45)28(38)24(42)14-39(27,34)48/h19-36,40-48H,1,7-17H2,2-6H3/t19-,20?,21?,22+,23-,24+,25-,26-,27?,28?,29+,30+,31+,32-,33-,34?,35-,36+,37-,38-,39+/m1/s1. The minimum atomic E-state index is -1.37. The summed E-state index contributed by atoms with van der Waals surface area (Å²) in [5.41, 5.74) is -1.25. The van der Waals surface area contributed by atoms with Gasteiger partial charge in [-0.15, -0.1) is 0 Å². The van der Waals surface area contributed by atoms with Gasteiger partial charge >= 0.3 is 0 Å². The maximum atomic E-state index is 12.6. The minimum absolute atomic E-state index is 0.0761. The zero-order valence-corrected chi connectivity index (χ0v) is 31.9. The van der Waals surface area contributed by atoms with E-state index in [0.717, 1.165) is 24.8 Å². The molecule has 2 heterocycles. The van der Waals surface area contributed by atoms with E-state index in [9.17, 15) is 46.0 Å². The highest BCUT2D eigenvalue weighted by Gasteiger charge is 2.71. The molecular weight excluding hydrogens is 692 g/mol. The SMILES string of the molecule is C=C(CC[C@@H](C)C1C[C@@H](O)C2[C@]1(C)CCC1[C@@]3(C)CC[C@H](O)[C@H](O)C3[C@@H](O)C[C@]12O)C(C)CO[C@@H]1OC[C@@H](O)[C@H](O)[C@H]1O[C@@H]1OC[C@@H](O)[C@H](O)[C@H]1OC. The maximum absolute atomic E-state index is 12.6. The van der Waals surface area contributed by atoms with Crippen LogP contribution in [0.5, 0.6) is 0 Å². The zero-order chi connectivity index (χ0) is 38.8. The van der Waals surface area contributed by atoms with E-state index < -0.39 is 96.5 Å². The number of methoxy groups -OCH3 is 1. The van der Waals surface area contributed by atoms with Gasteiger partial charge < -0.3 is 69.6 Å². The molecule has 6 rings (SSSR count). The van der Waals surface area contributed by atoms with Crippen molar-refractivity contribution in [3.05, 3.63) is 12.2 Å². The summed E-state index contributed by atoms with van der Waals surface area (Å²) in [7, 11) is 1.34. The monoisotopic (exact) mass is 758 g/mol. The molecule has 4 saturated carbocycles. The molecule has 53 heavy (non-hydrogen) atoms. The van der Waals surface area contributed by atoms with Gasteiger partial charge in [-0.2, -0.15) is 0 Å². The molecule has 9 N–H and O–H groups in total. The van der Waals surface area contributed by atoms with Gasteiger partial charge in [-0.25, -0.2) is 0 Å². The molecule has 0 spiro atoms. The summed E-state index contributed by atoms with van der Waals surface area (Å²) in [6.07, 6.45) is -8.46. The van der Waals surface area contributed by atoms with Gasteiger partial charge in [0.15, 0.2) is 12.6 Å².